The van der Waals surface area contributed by atoms with Crippen molar-refractivity contribution in [2.45, 2.75) is 6.92 Å². The van der Waals surface area contributed by atoms with Crippen LogP contribution >= 0.6 is 0 Å². The van der Waals surface area contributed by atoms with E-state index in [1.807, 2.05) is 47.0 Å². The first-order valence-electron chi connectivity index (χ1n) is 9.21. The van der Waals surface area contributed by atoms with Gasteiger partial charge in [-0.15, -0.1) is 0 Å². The van der Waals surface area contributed by atoms with Gasteiger partial charge in [0.1, 0.15) is 0 Å². The van der Waals surface area contributed by atoms with Crippen molar-refractivity contribution in [3.63, 3.8) is 0 Å². The standard InChI is InChI=1S/C22H16N4O3/c1-2-28-22(27)14-9-11-15(12-10-14)26-20(18-8-5-13-29-18)25-19-21(26)24-17-7-4-3-6-16(17)23-19/h3-13H,2H2,1H3. The molecule has 0 aliphatic heterocycles. The van der Waals surface area contributed by atoms with Crippen LogP contribution in [0.3, 0.4) is 0 Å². The number of para-hydroxylation sites is 2. The Morgan fingerprint density at radius 1 is 0.966 bits per heavy atom. The van der Waals surface area contributed by atoms with E-state index in [2.05, 4.69) is 9.97 Å². The molecular formula is C22H16N4O3. The summed E-state index contributed by atoms with van der Waals surface area (Å²) in [5.74, 6) is 0.832. The molecule has 0 saturated heterocycles. The fourth-order valence-corrected chi connectivity index (χ4v) is 3.23. The minimum absolute atomic E-state index is 0.331. The van der Waals surface area contributed by atoms with Crippen molar-refractivity contribution in [3.8, 4) is 17.3 Å². The van der Waals surface area contributed by atoms with Crippen molar-refractivity contribution in [1.82, 2.24) is 19.5 Å². The molecule has 7 nitrogen and oxygen atoms in total. The van der Waals surface area contributed by atoms with Gasteiger partial charge in [-0.3, -0.25) is 4.57 Å². The van der Waals surface area contributed by atoms with E-state index in [4.69, 9.17) is 14.1 Å². The highest BCUT2D eigenvalue weighted by atomic mass is 16.5. The van der Waals surface area contributed by atoms with E-state index in [0.29, 0.717) is 35.0 Å². The second-order valence-electron chi connectivity index (χ2n) is 6.38. The predicted octanol–water partition coefficient (Wildman–Crippen LogP) is 4.41. The van der Waals surface area contributed by atoms with Gasteiger partial charge in [0.2, 0.25) is 0 Å². The molecule has 0 radical (unpaired) electrons. The van der Waals surface area contributed by atoms with Gasteiger partial charge in [-0.2, -0.15) is 0 Å². The maximum absolute atomic E-state index is 12.0. The molecule has 142 valence electrons. The van der Waals surface area contributed by atoms with E-state index in [-0.39, 0.29) is 5.97 Å². The Kier molecular flexibility index (Phi) is 4.05. The van der Waals surface area contributed by atoms with Crippen molar-refractivity contribution < 1.29 is 13.9 Å². The van der Waals surface area contributed by atoms with Crippen molar-refractivity contribution >= 4 is 28.3 Å². The molecule has 0 bridgehead atoms. The molecule has 0 atom stereocenters. The Labute approximate surface area is 165 Å². The fraction of sp³-hybridized carbons (Fsp3) is 0.0909. The molecule has 0 aliphatic rings. The Hall–Kier alpha value is -4.00. The van der Waals surface area contributed by atoms with E-state index in [9.17, 15) is 4.79 Å². The summed E-state index contributed by atoms with van der Waals surface area (Å²) in [6.07, 6.45) is 1.60. The maximum atomic E-state index is 12.0. The van der Waals surface area contributed by atoms with Gasteiger partial charge in [-0.1, -0.05) is 12.1 Å². The van der Waals surface area contributed by atoms with Crippen LogP contribution in [0.15, 0.2) is 71.3 Å². The zero-order valence-corrected chi connectivity index (χ0v) is 15.6. The number of imidazole rings is 1. The normalized spacial score (nSPS) is 11.2. The van der Waals surface area contributed by atoms with Crippen LogP contribution in [0.25, 0.3) is 39.6 Å². The van der Waals surface area contributed by atoms with Crippen LogP contribution in [-0.2, 0) is 4.74 Å². The molecule has 5 rings (SSSR count). The second kappa shape index (κ2) is 6.87. The van der Waals surface area contributed by atoms with E-state index >= 15 is 0 Å². The van der Waals surface area contributed by atoms with Gasteiger partial charge in [0, 0.05) is 5.69 Å². The van der Waals surface area contributed by atoms with Crippen LogP contribution in [0, 0.1) is 0 Å². The summed E-state index contributed by atoms with van der Waals surface area (Å²) in [5, 5.41) is 0. The van der Waals surface area contributed by atoms with Crippen molar-refractivity contribution in [3.05, 3.63) is 72.5 Å². The highest BCUT2D eigenvalue weighted by Gasteiger charge is 2.19. The van der Waals surface area contributed by atoms with Gasteiger partial charge in [0.25, 0.3) is 0 Å². The van der Waals surface area contributed by atoms with Crippen LogP contribution < -0.4 is 0 Å². The van der Waals surface area contributed by atoms with Gasteiger partial charge >= 0.3 is 5.97 Å². The number of aromatic nitrogens is 4. The Bertz CT molecular complexity index is 1320. The second-order valence-corrected chi connectivity index (χ2v) is 6.38. The fourth-order valence-electron chi connectivity index (χ4n) is 3.23. The van der Waals surface area contributed by atoms with Gasteiger partial charge in [0.05, 0.1) is 29.5 Å². The highest BCUT2D eigenvalue weighted by molar-refractivity contribution is 5.90. The van der Waals surface area contributed by atoms with Gasteiger partial charge in [-0.25, -0.2) is 19.7 Å². The molecule has 2 aromatic carbocycles. The van der Waals surface area contributed by atoms with Crippen LogP contribution in [0.1, 0.15) is 17.3 Å². The third kappa shape index (κ3) is 2.93. The summed E-state index contributed by atoms with van der Waals surface area (Å²) < 4.78 is 12.5. The number of carbonyl (C=O) groups is 1. The first kappa shape index (κ1) is 17.1. The van der Waals surface area contributed by atoms with E-state index in [0.717, 1.165) is 16.7 Å². The quantitative estimate of drug-likeness (QED) is 0.427. The molecule has 7 heteroatoms. The largest absolute Gasteiger partial charge is 0.462 e. The smallest absolute Gasteiger partial charge is 0.338 e. The average Bonchev–Trinajstić information content (AvgIpc) is 3.40. The number of ether oxygens (including phenoxy) is 1. The molecule has 29 heavy (non-hydrogen) atoms. The number of fused-ring (bicyclic) bond motifs is 2. The number of rotatable bonds is 4. The summed E-state index contributed by atoms with van der Waals surface area (Å²) in [6, 6.07) is 18.4. The zero-order valence-electron chi connectivity index (χ0n) is 15.6. The van der Waals surface area contributed by atoms with E-state index in [1.54, 1.807) is 31.4 Å². The van der Waals surface area contributed by atoms with Crippen LogP contribution in [-0.4, -0.2) is 32.1 Å². The Morgan fingerprint density at radius 2 is 1.72 bits per heavy atom. The van der Waals surface area contributed by atoms with Crippen molar-refractivity contribution in [2.24, 2.45) is 0 Å². The van der Waals surface area contributed by atoms with E-state index in [1.165, 1.54) is 0 Å². The maximum Gasteiger partial charge on any atom is 0.338 e. The van der Waals surface area contributed by atoms with Gasteiger partial charge in [0.15, 0.2) is 22.9 Å². The first-order chi connectivity index (χ1) is 14.2. The SMILES string of the molecule is CCOC(=O)c1ccc(-n2c(-c3ccco3)nc3nc4ccccc4nc32)cc1. The number of furan rings is 1. The van der Waals surface area contributed by atoms with Crippen LogP contribution in [0.5, 0.6) is 0 Å². The molecule has 5 aromatic rings. The first-order valence-corrected chi connectivity index (χ1v) is 9.21. The van der Waals surface area contributed by atoms with Crippen molar-refractivity contribution in [2.75, 3.05) is 6.61 Å². The number of hydrogen-bond acceptors (Lipinski definition) is 6. The highest BCUT2D eigenvalue weighted by Crippen LogP contribution is 2.28. The number of benzene rings is 2. The lowest BCUT2D eigenvalue weighted by Gasteiger charge is -2.08. The monoisotopic (exact) mass is 384 g/mol. The summed E-state index contributed by atoms with van der Waals surface area (Å²) in [6.45, 7) is 2.11. The molecular weight excluding hydrogens is 368 g/mol. The number of esters is 1. The third-order valence-corrected chi connectivity index (χ3v) is 4.55. The molecule has 0 fully saturated rings. The number of hydrogen-bond donors (Lipinski definition) is 0. The Morgan fingerprint density at radius 3 is 2.41 bits per heavy atom. The lowest BCUT2D eigenvalue weighted by Crippen LogP contribution is -2.05. The third-order valence-electron chi connectivity index (χ3n) is 4.55. The number of nitrogens with zero attached hydrogens (tertiary/aromatic N) is 4. The average molecular weight is 384 g/mol. The molecule has 0 amide bonds. The molecule has 0 saturated carbocycles. The lowest BCUT2D eigenvalue weighted by molar-refractivity contribution is 0.0526. The van der Waals surface area contributed by atoms with Gasteiger partial charge in [-0.05, 0) is 55.5 Å². The minimum Gasteiger partial charge on any atom is -0.462 e. The summed E-state index contributed by atoms with van der Waals surface area (Å²) in [4.78, 5) is 26.1. The molecule has 3 heterocycles. The summed E-state index contributed by atoms with van der Waals surface area (Å²) in [5.41, 5.74) is 3.94. The van der Waals surface area contributed by atoms with Crippen molar-refractivity contribution in [1.29, 1.82) is 0 Å². The molecule has 0 aliphatic carbocycles. The van der Waals surface area contributed by atoms with Crippen LogP contribution in [0.2, 0.25) is 0 Å². The molecule has 0 N–H and O–H groups in total. The topological polar surface area (TPSA) is 83.0 Å². The lowest BCUT2D eigenvalue weighted by atomic mass is 10.2. The van der Waals surface area contributed by atoms with E-state index < -0.39 is 0 Å². The molecule has 3 aromatic heterocycles. The Balaban J connectivity index is 1.73. The number of carbonyl (C=O) groups excluding carboxylic acids is 1. The zero-order chi connectivity index (χ0) is 19.8. The molecule has 0 unspecified atom stereocenters. The minimum atomic E-state index is -0.355. The molecule has 0 spiro atoms. The van der Waals surface area contributed by atoms with Gasteiger partial charge < -0.3 is 9.15 Å². The van der Waals surface area contributed by atoms with Crippen LogP contribution in [0.4, 0.5) is 0 Å². The summed E-state index contributed by atoms with van der Waals surface area (Å²) in [7, 11) is 0. The summed E-state index contributed by atoms with van der Waals surface area (Å²) >= 11 is 0. The predicted molar refractivity (Wildman–Crippen MR) is 108 cm³/mol.